The minimum atomic E-state index is -0.892. The molecule has 0 bridgehead atoms. The van der Waals surface area contributed by atoms with Gasteiger partial charge in [0.2, 0.25) is 11.8 Å². The summed E-state index contributed by atoms with van der Waals surface area (Å²) in [6.45, 7) is 0.738. The fraction of sp³-hybridized carbons (Fsp3) is 0.300. The van der Waals surface area contributed by atoms with Gasteiger partial charge in [-0.15, -0.1) is 0 Å². The van der Waals surface area contributed by atoms with Gasteiger partial charge >= 0.3 is 0 Å². The summed E-state index contributed by atoms with van der Waals surface area (Å²) in [6.07, 6.45) is 1.33. The Bertz CT molecular complexity index is 931. The number of imide groups is 1. The molecule has 0 saturated carbocycles. The maximum atomic E-state index is 12.1. The molecule has 2 unspecified atom stereocenters. The van der Waals surface area contributed by atoms with Crippen molar-refractivity contribution >= 4 is 17.7 Å². The van der Waals surface area contributed by atoms with E-state index in [2.05, 4.69) is 15.6 Å². The van der Waals surface area contributed by atoms with E-state index < -0.39 is 12.3 Å². The van der Waals surface area contributed by atoms with Gasteiger partial charge in [-0.1, -0.05) is 24.3 Å². The number of pyridine rings is 1. The van der Waals surface area contributed by atoms with Crippen molar-refractivity contribution in [2.75, 3.05) is 0 Å². The average molecular weight is 380 g/mol. The smallest absolute Gasteiger partial charge is 0.270 e. The molecular weight excluding hydrogens is 360 g/mol. The molecule has 28 heavy (non-hydrogen) atoms. The van der Waals surface area contributed by atoms with Crippen LogP contribution in [0.1, 0.15) is 46.2 Å². The van der Waals surface area contributed by atoms with Crippen LogP contribution in [0.15, 0.2) is 42.6 Å². The third kappa shape index (κ3) is 3.51. The van der Waals surface area contributed by atoms with E-state index in [0.29, 0.717) is 25.2 Å². The summed E-state index contributed by atoms with van der Waals surface area (Å²) in [5.41, 5.74) is 2.88. The first kappa shape index (κ1) is 18.3. The molecule has 1 fully saturated rings. The molecule has 0 spiro atoms. The van der Waals surface area contributed by atoms with Crippen molar-refractivity contribution in [3.05, 3.63) is 65.0 Å². The lowest BCUT2D eigenvalue weighted by molar-refractivity contribution is -0.141. The third-order valence-electron chi connectivity index (χ3n) is 5.11. The molecule has 3 amide bonds. The van der Waals surface area contributed by atoms with Crippen LogP contribution < -0.4 is 10.6 Å². The van der Waals surface area contributed by atoms with E-state index >= 15 is 0 Å². The molecule has 0 radical (unpaired) electrons. The van der Waals surface area contributed by atoms with Crippen molar-refractivity contribution in [3.8, 4) is 0 Å². The van der Waals surface area contributed by atoms with Crippen LogP contribution in [0.25, 0.3) is 0 Å². The number of rotatable bonds is 4. The molecule has 2 aliphatic rings. The molecular formula is C20H20N4O4. The Hall–Kier alpha value is -3.10. The lowest BCUT2D eigenvalue weighted by atomic mass is 10.0. The number of aliphatic hydroxyl groups excluding tert-OH is 1. The minimum absolute atomic E-state index is 0.258. The molecule has 8 nitrogen and oxygen atoms in total. The molecule has 2 aromatic rings. The SMILES string of the molecule is O=C1CCC(N2Cc3cc(CNC(=O)c4ccccn4)ccc3C2O)C(=O)N1. The second kappa shape index (κ2) is 7.49. The van der Waals surface area contributed by atoms with E-state index in [-0.39, 0.29) is 24.1 Å². The van der Waals surface area contributed by atoms with Crippen molar-refractivity contribution in [3.63, 3.8) is 0 Å². The molecule has 2 atom stereocenters. The fourth-order valence-corrected chi connectivity index (χ4v) is 3.67. The van der Waals surface area contributed by atoms with Crippen LogP contribution in [0.5, 0.6) is 0 Å². The maximum Gasteiger partial charge on any atom is 0.270 e. The molecule has 1 aromatic heterocycles. The zero-order valence-corrected chi connectivity index (χ0v) is 15.1. The van der Waals surface area contributed by atoms with Crippen LogP contribution in [-0.2, 0) is 22.7 Å². The van der Waals surface area contributed by atoms with Crippen LogP contribution in [0.4, 0.5) is 0 Å². The van der Waals surface area contributed by atoms with Gasteiger partial charge in [0.25, 0.3) is 5.91 Å². The number of amides is 3. The van der Waals surface area contributed by atoms with Crippen molar-refractivity contribution in [1.82, 2.24) is 20.5 Å². The number of benzene rings is 1. The number of carbonyl (C=O) groups is 3. The van der Waals surface area contributed by atoms with Crippen molar-refractivity contribution < 1.29 is 19.5 Å². The Balaban J connectivity index is 1.43. The van der Waals surface area contributed by atoms with Crippen LogP contribution in [-0.4, -0.2) is 38.8 Å². The molecule has 3 heterocycles. The number of piperidine rings is 1. The maximum absolute atomic E-state index is 12.1. The summed E-state index contributed by atoms with van der Waals surface area (Å²) in [4.78, 5) is 41.3. The van der Waals surface area contributed by atoms with Gasteiger partial charge in [0.05, 0.1) is 6.04 Å². The number of nitrogens with zero attached hydrogens (tertiary/aromatic N) is 2. The Labute approximate surface area is 161 Å². The van der Waals surface area contributed by atoms with Crippen molar-refractivity contribution in [1.29, 1.82) is 0 Å². The molecule has 2 aliphatic heterocycles. The second-order valence-electron chi connectivity index (χ2n) is 6.94. The van der Waals surface area contributed by atoms with Gasteiger partial charge in [0.15, 0.2) is 0 Å². The number of fused-ring (bicyclic) bond motifs is 1. The summed E-state index contributed by atoms with van der Waals surface area (Å²) in [5.74, 6) is -0.907. The lowest BCUT2D eigenvalue weighted by Gasteiger charge is -2.31. The van der Waals surface area contributed by atoms with E-state index in [1.165, 1.54) is 0 Å². The topological polar surface area (TPSA) is 112 Å². The number of aliphatic hydroxyl groups is 1. The Morgan fingerprint density at radius 3 is 2.89 bits per heavy atom. The van der Waals surface area contributed by atoms with Gasteiger partial charge in [-0.2, -0.15) is 0 Å². The van der Waals surface area contributed by atoms with E-state index in [9.17, 15) is 19.5 Å². The first-order chi connectivity index (χ1) is 13.5. The quantitative estimate of drug-likeness (QED) is 0.671. The van der Waals surface area contributed by atoms with E-state index in [0.717, 1.165) is 16.7 Å². The second-order valence-corrected chi connectivity index (χ2v) is 6.94. The highest BCUT2D eigenvalue weighted by Crippen LogP contribution is 2.35. The van der Waals surface area contributed by atoms with Crippen LogP contribution in [0.2, 0.25) is 0 Å². The predicted molar refractivity (Wildman–Crippen MR) is 98.5 cm³/mol. The highest BCUT2D eigenvalue weighted by molar-refractivity contribution is 6.00. The monoisotopic (exact) mass is 380 g/mol. The Kier molecular flexibility index (Phi) is 4.89. The van der Waals surface area contributed by atoms with E-state index in [1.807, 2.05) is 18.2 Å². The summed E-state index contributed by atoms with van der Waals surface area (Å²) in [5, 5.41) is 15.8. The van der Waals surface area contributed by atoms with Gasteiger partial charge in [0.1, 0.15) is 11.9 Å². The molecule has 3 N–H and O–H groups in total. The third-order valence-corrected chi connectivity index (χ3v) is 5.11. The lowest BCUT2D eigenvalue weighted by Crippen LogP contribution is -2.51. The summed E-state index contributed by atoms with van der Waals surface area (Å²) < 4.78 is 0. The van der Waals surface area contributed by atoms with Gasteiger partial charge < -0.3 is 10.4 Å². The minimum Gasteiger partial charge on any atom is -0.374 e. The summed E-state index contributed by atoms with van der Waals surface area (Å²) >= 11 is 0. The average Bonchev–Trinajstić information content (AvgIpc) is 3.02. The fourth-order valence-electron chi connectivity index (χ4n) is 3.67. The first-order valence-electron chi connectivity index (χ1n) is 9.11. The van der Waals surface area contributed by atoms with Gasteiger partial charge in [-0.3, -0.25) is 29.6 Å². The predicted octanol–water partition coefficient (Wildman–Crippen LogP) is 0.623. The number of nitrogens with one attached hydrogen (secondary N) is 2. The highest BCUT2D eigenvalue weighted by atomic mass is 16.3. The molecule has 1 aromatic carbocycles. The largest absolute Gasteiger partial charge is 0.374 e. The van der Waals surface area contributed by atoms with Crippen molar-refractivity contribution in [2.24, 2.45) is 0 Å². The van der Waals surface area contributed by atoms with Gasteiger partial charge in [0, 0.05) is 25.7 Å². The number of hydrogen-bond donors (Lipinski definition) is 3. The summed E-state index contributed by atoms with van der Waals surface area (Å²) in [6, 6.07) is 10.2. The van der Waals surface area contributed by atoms with Gasteiger partial charge in [-0.05, 0) is 35.2 Å². The Morgan fingerprint density at radius 1 is 1.29 bits per heavy atom. The number of hydrogen-bond acceptors (Lipinski definition) is 6. The molecule has 8 heteroatoms. The van der Waals surface area contributed by atoms with Crippen LogP contribution in [0.3, 0.4) is 0 Å². The van der Waals surface area contributed by atoms with Crippen molar-refractivity contribution in [2.45, 2.75) is 38.2 Å². The zero-order valence-electron chi connectivity index (χ0n) is 15.1. The highest BCUT2D eigenvalue weighted by Gasteiger charge is 2.39. The molecule has 4 rings (SSSR count). The molecule has 1 saturated heterocycles. The van der Waals surface area contributed by atoms with Crippen LogP contribution in [0, 0.1) is 0 Å². The molecule has 0 aliphatic carbocycles. The van der Waals surface area contributed by atoms with E-state index in [4.69, 9.17) is 0 Å². The number of aromatic nitrogens is 1. The Morgan fingerprint density at radius 2 is 2.14 bits per heavy atom. The van der Waals surface area contributed by atoms with Crippen LogP contribution >= 0.6 is 0 Å². The number of carbonyl (C=O) groups excluding carboxylic acids is 3. The van der Waals surface area contributed by atoms with Gasteiger partial charge in [-0.25, -0.2) is 0 Å². The van der Waals surface area contributed by atoms with E-state index in [1.54, 1.807) is 29.3 Å². The normalized spacial score (nSPS) is 21.9. The summed E-state index contributed by atoms with van der Waals surface area (Å²) in [7, 11) is 0. The zero-order chi connectivity index (χ0) is 19.7. The molecule has 144 valence electrons. The standard InChI is InChI=1S/C20H20N4O4/c25-17-7-6-16(19(27)23-17)24-11-13-9-12(4-5-14(13)20(24)28)10-22-18(26)15-3-1-2-8-21-15/h1-5,8-9,16,20,28H,6-7,10-11H2,(H,22,26)(H,23,25,27). The first-order valence-corrected chi connectivity index (χ1v) is 9.11.